The lowest BCUT2D eigenvalue weighted by Gasteiger charge is -2.26. The van der Waals surface area contributed by atoms with E-state index in [9.17, 15) is 14.7 Å². The molecule has 5 rings (SSSR count). The van der Waals surface area contributed by atoms with E-state index in [1.807, 2.05) is 17.7 Å². The number of likely N-dealkylation sites (tertiary alicyclic amines) is 1. The van der Waals surface area contributed by atoms with E-state index in [0.29, 0.717) is 73.5 Å². The van der Waals surface area contributed by atoms with Crippen molar-refractivity contribution in [2.75, 3.05) is 33.5 Å². The van der Waals surface area contributed by atoms with Gasteiger partial charge in [-0.2, -0.15) is 0 Å². The molecule has 1 saturated heterocycles. The Balaban J connectivity index is 1.56. The number of hydrogen-bond acceptors (Lipinski definition) is 8. The van der Waals surface area contributed by atoms with Crippen LogP contribution >= 0.6 is 0 Å². The zero-order valence-electron chi connectivity index (χ0n) is 21.3. The first-order valence-corrected chi connectivity index (χ1v) is 12.5. The molecule has 2 aliphatic rings. The second kappa shape index (κ2) is 10.9. The molecular formula is C28H29N3O7. The normalized spacial score (nSPS) is 18.1. The number of imidazole rings is 1. The van der Waals surface area contributed by atoms with Gasteiger partial charge in [0.25, 0.3) is 11.7 Å². The van der Waals surface area contributed by atoms with Crippen molar-refractivity contribution in [2.45, 2.75) is 25.9 Å². The third-order valence-corrected chi connectivity index (χ3v) is 6.53. The lowest BCUT2D eigenvalue weighted by molar-refractivity contribution is -0.139. The molecular weight excluding hydrogens is 490 g/mol. The number of aromatic nitrogens is 2. The van der Waals surface area contributed by atoms with Crippen LogP contribution in [0.4, 0.5) is 0 Å². The van der Waals surface area contributed by atoms with Crippen molar-refractivity contribution in [3.8, 4) is 23.0 Å². The number of methoxy groups -OCH3 is 1. The molecule has 10 nitrogen and oxygen atoms in total. The molecule has 2 aliphatic heterocycles. The van der Waals surface area contributed by atoms with E-state index in [1.54, 1.807) is 48.9 Å². The second-order valence-electron chi connectivity index (χ2n) is 8.85. The molecule has 0 radical (unpaired) electrons. The summed E-state index contributed by atoms with van der Waals surface area (Å²) in [6.07, 6.45) is 5.81. The first kappa shape index (κ1) is 25.2. The minimum Gasteiger partial charge on any atom is -0.507 e. The number of aryl methyl sites for hydroxylation is 1. The van der Waals surface area contributed by atoms with Gasteiger partial charge in [-0.3, -0.25) is 9.59 Å². The lowest BCUT2D eigenvalue weighted by Crippen LogP contribution is -2.31. The van der Waals surface area contributed by atoms with Crippen molar-refractivity contribution < 1.29 is 33.6 Å². The molecule has 10 heteroatoms. The molecule has 1 aromatic heterocycles. The first-order chi connectivity index (χ1) is 18.5. The van der Waals surface area contributed by atoms with E-state index >= 15 is 0 Å². The highest BCUT2D eigenvalue weighted by Gasteiger charge is 2.46. The van der Waals surface area contributed by atoms with Crippen LogP contribution < -0.4 is 18.9 Å². The van der Waals surface area contributed by atoms with Gasteiger partial charge in [-0.05, 0) is 49.2 Å². The molecule has 1 fully saturated rings. The Kier molecular flexibility index (Phi) is 7.21. The number of hydrogen-bond donors (Lipinski definition) is 1. The second-order valence-corrected chi connectivity index (χ2v) is 8.85. The van der Waals surface area contributed by atoms with Gasteiger partial charge in [0, 0.05) is 31.0 Å². The number of fused-ring (bicyclic) bond motifs is 1. The molecule has 0 aliphatic carbocycles. The van der Waals surface area contributed by atoms with Gasteiger partial charge in [-0.25, -0.2) is 4.98 Å². The Labute approximate surface area is 220 Å². The van der Waals surface area contributed by atoms with Crippen molar-refractivity contribution in [3.63, 3.8) is 0 Å². The van der Waals surface area contributed by atoms with Gasteiger partial charge < -0.3 is 33.5 Å². The van der Waals surface area contributed by atoms with Gasteiger partial charge in [0.15, 0.2) is 23.0 Å². The fourth-order valence-corrected chi connectivity index (χ4v) is 4.77. The number of aliphatic hydroxyl groups excluding tert-OH is 1. The predicted molar refractivity (Wildman–Crippen MR) is 137 cm³/mol. The van der Waals surface area contributed by atoms with Crippen LogP contribution in [0, 0.1) is 0 Å². The van der Waals surface area contributed by atoms with E-state index < -0.39 is 17.7 Å². The third kappa shape index (κ3) is 4.77. The molecule has 1 amide bonds. The topological polar surface area (TPSA) is 112 Å². The molecule has 1 unspecified atom stereocenters. The number of rotatable bonds is 9. The average Bonchev–Trinajstić information content (AvgIpc) is 3.55. The molecule has 3 aromatic rings. The fraction of sp³-hybridized carbons (Fsp3) is 0.321. The van der Waals surface area contributed by atoms with Crippen molar-refractivity contribution in [1.29, 1.82) is 0 Å². The van der Waals surface area contributed by atoms with Crippen LogP contribution in [0.5, 0.6) is 23.0 Å². The number of ketones is 1. The van der Waals surface area contributed by atoms with E-state index in [0.717, 1.165) is 0 Å². The summed E-state index contributed by atoms with van der Waals surface area (Å²) in [4.78, 5) is 32.2. The highest BCUT2D eigenvalue weighted by molar-refractivity contribution is 6.46. The van der Waals surface area contributed by atoms with Crippen molar-refractivity contribution in [3.05, 3.63) is 71.8 Å². The van der Waals surface area contributed by atoms with Crippen molar-refractivity contribution in [1.82, 2.24) is 14.5 Å². The number of carbonyl (C=O) groups is 2. The highest BCUT2D eigenvalue weighted by Crippen LogP contribution is 2.43. The maximum Gasteiger partial charge on any atom is 0.295 e. The molecule has 38 heavy (non-hydrogen) atoms. The van der Waals surface area contributed by atoms with E-state index in [1.165, 1.54) is 12.0 Å². The molecule has 0 spiro atoms. The summed E-state index contributed by atoms with van der Waals surface area (Å²) in [6, 6.07) is 9.38. The summed E-state index contributed by atoms with van der Waals surface area (Å²) in [5.41, 5.74) is 0.973. The fourth-order valence-electron chi connectivity index (χ4n) is 4.77. The van der Waals surface area contributed by atoms with Gasteiger partial charge in [0.1, 0.15) is 19.0 Å². The van der Waals surface area contributed by atoms with E-state index in [2.05, 4.69) is 4.98 Å². The molecule has 1 N–H and O–H groups in total. The highest BCUT2D eigenvalue weighted by atomic mass is 16.6. The summed E-state index contributed by atoms with van der Waals surface area (Å²) < 4.78 is 24.3. The van der Waals surface area contributed by atoms with Crippen LogP contribution in [0.1, 0.15) is 30.5 Å². The Morgan fingerprint density at radius 2 is 1.89 bits per heavy atom. The Morgan fingerprint density at radius 1 is 1.08 bits per heavy atom. The van der Waals surface area contributed by atoms with Gasteiger partial charge >= 0.3 is 0 Å². The monoisotopic (exact) mass is 519 g/mol. The largest absolute Gasteiger partial charge is 0.507 e. The Hall–Kier alpha value is -4.47. The summed E-state index contributed by atoms with van der Waals surface area (Å²) >= 11 is 0. The molecule has 0 saturated carbocycles. The standard InChI is InChI=1S/C28H29N3O7/c1-3-36-20-7-5-18(15-22(20)35-2)25-24(26(32)19-6-8-21-23(16-19)38-14-13-37-21)27(33)28(34)31(25)11-4-10-30-12-9-29-17-30/h5-9,12,15-17,25,32H,3-4,10-11,13-14H2,1-2H3/b26-24-. The number of carbonyl (C=O) groups excluding carboxylic acids is 2. The zero-order valence-corrected chi connectivity index (χ0v) is 21.3. The van der Waals surface area contributed by atoms with Crippen LogP contribution in [0.3, 0.4) is 0 Å². The van der Waals surface area contributed by atoms with Gasteiger partial charge in [0.2, 0.25) is 0 Å². The smallest absolute Gasteiger partial charge is 0.295 e. The molecule has 3 heterocycles. The van der Waals surface area contributed by atoms with E-state index in [-0.39, 0.29) is 11.3 Å². The number of benzene rings is 2. The minimum atomic E-state index is -0.824. The van der Waals surface area contributed by atoms with Crippen LogP contribution in [0.15, 0.2) is 60.7 Å². The summed E-state index contributed by atoms with van der Waals surface area (Å²) in [5, 5.41) is 11.4. The maximum atomic E-state index is 13.4. The molecule has 2 aromatic carbocycles. The van der Waals surface area contributed by atoms with Gasteiger partial charge in [-0.15, -0.1) is 0 Å². The number of aliphatic hydroxyl groups is 1. The first-order valence-electron chi connectivity index (χ1n) is 12.5. The lowest BCUT2D eigenvalue weighted by atomic mass is 9.94. The number of amides is 1. The van der Waals surface area contributed by atoms with Gasteiger partial charge in [0.05, 0.1) is 31.7 Å². The van der Waals surface area contributed by atoms with E-state index in [4.69, 9.17) is 18.9 Å². The molecule has 1 atom stereocenters. The van der Waals surface area contributed by atoms with Gasteiger partial charge in [-0.1, -0.05) is 6.07 Å². The minimum absolute atomic E-state index is 0.000483. The predicted octanol–water partition coefficient (Wildman–Crippen LogP) is 3.57. The number of ether oxygens (including phenoxy) is 4. The SMILES string of the molecule is CCOc1ccc(C2/C(=C(/O)c3ccc4c(c3)OCCO4)C(=O)C(=O)N2CCCn2ccnc2)cc1OC. The van der Waals surface area contributed by atoms with Crippen molar-refractivity contribution in [2.24, 2.45) is 0 Å². The van der Waals surface area contributed by atoms with Crippen LogP contribution in [0.25, 0.3) is 5.76 Å². The zero-order chi connectivity index (χ0) is 26.6. The quantitative estimate of drug-likeness (QED) is 0.259. The average molecular weight is 520 g/mol. The van der Waals surface area contributed by atoms with Crippen molar-refractivity contribution >= 4 is 17.4 Å². The Bertz CT molecular complexity index is 1370. The Morgan fingerprint density at radius 3 is 2.63 bits per heavy atom. The molecule has 0 bridgehead atoms. The molecule has 198 valence electrons. The summed E-state index contributed by atoms with van der Waals surface area (Å²) in [7, 11) is 1.53. The number of nitrogens with zero attached hydrogens (tertiary/aromatic N) is 3. The van der Waals surface area contributed by atoms with Crippen LogP contribution in [-0.2, 0) is 16.1 Å². The summed E-state index contributed by atoms with van der Waals surface area (Å²) in [6.45, 7) is 4.04. The maximum absolute atomic E-state index is 13.4. The van der Waals surface area contributed by atoms with Crippen LogP contribution in [0.2, 0.25) is 0 Å². The number of Topliss-reactive ketones (excluding diaryl/α,β-unsaturated/α-hetero) is 1. The summed E-state index contributed by atoms with van der Waals surface area (Å²) in [5.74, 6) is 0.325. The third-order valence-electron chi connectivity index (χ3n) is 6.53. The van der Waals surface area contributed by atoms with Crippen LogP contribution in [-0.4, -0.2) is 64.7 Å².